The number of halogens is 1. The van der Waals surface area contributed by atoms with Crippen LogP contribution >= 0.6 is 22.9 Å². The van der Waals surface area contributed by atoms with Crippen LogP contribution in [0.1, 0.15) is 10.4 Å². The van der Waals surface area contributed by atoms with Gasteiger partial charge in [0.25, 0.3) is 5.91 Å². The van der Waals surface area contributed by atoms with Crippen molar-refractivity contribution >= 4 is 44.2 Å². The SMILES string of the molecule is COc1cccc(C(=O)N(CCN(C)C)c2nc3c(OC)ccc(Cl)c3s2)c1. The minimum atomic E-state index is -0.144. The number of anilines is 1. The van der Waals surface area contributed by atoms with Gasteiger partial charge in [-0.25, -0.2) is 4.98 Å². The van der Waals surface area contributed by atoms with E-state index in [4.69, 9.17) is 21.1 Å². The molecule has 0 atom stereocenters. The molecule has 8 heteroatoms. The summed E-state index contributed by atoms with van der Waals surface area (Å²) in [6, 6.07) is 10.7. The normalized spacial score (nSPS) is 11.1. The second-order valence-corrected chi connectivity index (χ2v) is 7.80. The van der Waals surface area contributed by atoms with Crippen molar-refractivity contribution in [2.45, 2.75) is 0 Å². The zero-order valence-electron chi connectivity index (χ0n) is 16.2. The Morgan fingerprint density at radius 1 is 1.14 bits per heavy atom. The zero-order chi connectivity index (χ0) is 20.3. The molecule has 1 amide bonds. The van der Waals surface area contributed by atoms with Crippen LogP contribution in [0.2, 0.25) is 5.02 Å². The zero-order valence-corrected chi connectivity index (χ0v) is 17.8. The quantitative estimate of drug-likeness (QED) is 0.575. The van der Waals surface area contributed by atoms with Crippen LogP contribution in [0.3, 0.4) is 0 Å². The predicted molar refractivity (Wildman–Crippen MR) is 114 cm³/mol. The van der Waals surface area contributed by atoms with Crippen LogP contribution in [0, 0.1) is 0 Å². The molecule has 0 aliphatic rings. The molecule has 28 heavy (non-hydrogen) atoms. The number of carbonyl (C=O) groups excluding carboxylic acids is 1. The number of likely N-dealkylation sites (N-methyl/N-ethyl adjacent to an activating group) is 1. The van der Waals surface area contributed by atoms with Gasteiger partial charge in [-0.05, 0) is 44.4 Å². The first-order valence-corrected chi connectivity index (χ1v) is 9.87. The molecule has 0 aliphatic carbocycles. The number of amides is 1. The van der Waals surface area contributed by atoms with Crippen LogP contribution < -0.4 is 14.4 Å². The summed E-state index contributed by atoms with van der Waals surface area (Å²) in [5, 5.41) is 1.16. The monoisotopic (exact) mass is 419 g/mol. The Labute approximate surface area is 173 Å². The molecule has 0 unspecified atom stereocenters. The summed E-state index contributed by atoms with van der Waals surface area (Å²) in [5.41, 5.74) is 1.19. The summed E-state index contributed by atoms with van der Waals surface area (Å²) < 4.78 is 11.5. The Hall–Kier alpha value is -2.35. The van der Waals surface area contributed by atoms with E-state index >= 15 is 0 Å². The third-order valence-corrected chi connectivity index (χ3v) is 5.77. The lowest BCUT2D eigenvalue weighted by molar-refractivity contribution is 0.0985. The fourth-order valence-corrected chi connectivity index (χ4v) is 4.00. The highest BCUT2D eigenvalue weighted by molar-refractivity contribution is 7.23. The van der Waals surface area contributed by atoms with E-state index in [0.717, 1.165) is 4.70 Å². The molecule has 0 aliphatic heterocycles. The van der Waals surface area contributed by atoms with E-state index in [-0.39, 0.29) is 5.91 Å². The molecule has 2 aromatic carbocycles. The summed E-state index contributed by atoms with van der Waals surface area (Å²) in [7, 11) is 7.10. The van der Waals surface area contributed by atoms with Crippen molar-refractivity contribution in [3.8, 4) is 11.5 Å². The van der Waals surface area contributed by atoms with E-state index in [1.807, 2.05) is 25.1 Å². The van der Waals surface area contributed by atoms with Crippen molar-refractivity contribution in [1.29, 1.82) is 0 Å². The summed E-state index contributed by atoms with van der Waals surface area (Å²) >= 11 is 7.73. The van der Waals surface area contributed by atoms with Gasteiger partial charge in [-0.2, -0.15) is 0 Å². The van der Waals surface area contributed by atoms with Gasteiger partial charge in [0.1, 0.15) is 17.0 Å². The molecule has 0 bridgehead atoms. The molecule has 0 radical (unpaired) electrons. The molecule has 148 valence electrons. The van der Waals surface area contributed by atoms with Crippen molar-refractivity contribution < 1.29 is 14.3 Å². The first-order valence-electron chi connectivity index (χ1n) is 8.68. The van der Waals surface area contributed by atoms with Crippen LogP contribution in [0.4, 0.5) is 5.13 Å². The number of thiazole rings is 1. The second-order valence-electron chi connectivity index (χ2n) is 6.42. The maximum absolute atomic E-state index is 13.3. The minimum Gasteiger partial charge on any atom is -0.497 e. The molecule has 1 heterocycles. The summed E-state index contributed by atoms with van der Waals surface area (Å²) in [6.45, 7) is 1.18. The maximum Gasteiger partial charge on any atom is 0.260 e. The lowest BCUT2D eigenvalue weighted by Crippen LogP contribution is -2.36. The van der Waals surface area contributed by atoms with E-state index in [2.05, 4.69) is 4.98 Å². The number of fused-ring (bicyclic) bond motifs is 1. The molecule has 3 rings (SSSR count). The summed E-state index contributed by atoms with van der Waals surface area (Å²) in [6.07, 6.45) is 0. The fourth-order valence-electron chi connectivity index (χ4n) is 2.72. The Kier molecular flexibility index (Phi) is 6.39. The maximum atomic E-state index is 13.3. The van der Waals surface area contributed by atoms with Crippen LogP contribution in [-0.2, 0) is 0 Å². The summed E-state index contributed by atoms with van der Waals surface area (Å²) in [5.74, 6) is 1.12. The van der Waals surface area contributed by atoms with Crippen molar-refractivity contribution in [1.82, 2.24) is 9.88 Å². The van der Waals surface area contributed by atoms with Crippen LogP contribution in [0.5, 0.6) is 11.5 Å². The van der Waals surface area contributed by atoms with E-state index < -0.39 is 0 Å². The third-order valence-electron chi connectivity index (χ3n) is 4.23. The molecule has 0 saturated heterocycles. The van der Waals surface area contributed by atoms with Crippen molar-refractivity contribution in [3.05, 3.63) is 47.0 Å². The van der Waals surface area contributed by atoms with Gasteiger partial charge >= 0.3 is 0 Å². The topological polar surface area (TPSA) is 54.9 Å². The van der Waals surface area contributed by atoms with Gasteiger partial charge < -0.3 is 14.4 Å². The highest BCUT2D eigenvalue weighted by Crippen LogP contribution is 2.39. The Morgan fingerprint density at radius 3 is 2.61 bits per heavy atom. The number of ether oxygens (including phenoxy) is 2. The number of rotatable bonds is 7. The lowest BCUT2D eigenvalue weighted by atomic mass is 10.2. The molecule has 1 aromatic heterocycles. The first kappa shape index (κ1) is 20.4. The summed E-state index contributed by atoms with van der Waals surface area (Å²) in [4.78, 5) is 21.7. The standard InChI is InChI=1S/C20H22ClN3O3S/c1-23(2)10-11-24(19(25)13-6-5-7-14(12-13)26-3)20-22-17-16(27-4)9-8-15(21)18(17)28-20/h5-9,12H,10-11H2,1-4H3. The van der Waals surface area contributed by atoms with E-state index in [0.29, 0.717) is 45.8 Å². The smallest absolute Gasteiger partial charge is 0.260 e. The molecular weight excluding hydrogens is 398 g/mol. The Balaban J connectivity index is 2.05. The minimum absolute atomic E-state index is 0.144. The van der Waals surface area contributed by atoms with Crippen molar-refractivity contribution in [3.63, 3.8) is 0 Å². The average Bonchev–Trinajstić information content (AvgIpc) is 3.14. The number of hydrogen-bond acceptors (Lipinski definition) is 6. The molecule has 0 fully saturated rings. The number of carbonyl (C=O) groups is 1. The van der Waals surface area contributed by atoms with E-state index in [9.17, 15) is 4.79 Å². The third kappa shape index (κ3) is 4.22. The van der Waals surface area contributed by atoms with Crippen LogP contribution in [-0.4, -0.2) is 57.2 Å². The number of methoxy groups -OCH3 is 2. The van der Waals surface area contributed by atoms with Crippen molar-refractivity contribution in [2.24, 2.45) is 0 Å². The molecule has 6 nitrogen and oxygen atoms in total. The number of benzene rings is 2. The highest BCUT2D eigenvalue weighted by Gasteiger charge is 2.23. The van der Waals surface area contributed by atoms with Crippen LogP contribution in [0.15, 0.2) is 36.4 Å². The highest BCUT2D eigenvalue weighted by atomic mass is 35.5. The largest absolute Gasteiger partial charge is 0.497 e. The Morgan fingerprint density at radius 2 is 1.93 bits per heavy atom. The van der Waals surface area contributed by atoms with E-state index in [1.165, 1.54) is 11.3 Å². The molecular formula is C20H22ClN3O3S. The van der Waals surface area contributed by atoms with Gasteiger partial charge in [0.05, 0.1) is 23.9 Å². The Bertz CT molecular complexity index is 990. The first-order chi connectivity index (χ1) is 13.4. The molecule has 0 spiro atoms. The number of hydrogen-bond donors (Lipinski definition) is 0. The number of aromatic nitrogens is 1. The van der Waals surface area contributed by atoms with Gasteiger partial charge in [0, 0.05) is 18.7 Å². The molecule has 0 N–H and O–H groups in total. The molecule has 0 saturated carbocycles. The second kappa shape index (κ2) is 8.77. The van der Waals surface area contributed by atoms with E-state index in [1.54, 1.807) is 49.5 Å². The van der Waals surface area contributed by atoms with Gasteiger partial charge in [0.2, 0.25) is 0 Å². The van der Waals surface area contributed by atoms with Gasteiger partial charge in [-0.15, -0.1) is 0 Å². The van der Waals surface area contributed by atoms with Gasteiger partial charge in [-0.3, -0.25) is 9.69 Å². The fraction of sp³-hybridized carbons (Fsp3) is 0.300. The average molecular weight is 420 g/mol. The van der Waals surface area contributed by atoms with Gasteiger partial charge in [0.15, 0.2) is 5.13 Å². The molecule has 3 aromatic rings. The van der Waals surface area contributed by atoms with Crippen molar-refractivity contribution in [2.75, 3.05) is 46.3 Å². The predicted octanol–water partition coefficient (Wildman–Crippen LogP) is 4.18. The number of nitrogens with zero attached hydrogens (tertiary/aromatic N) is 3. The van der Waals surface area contributed by atoms with Crippen LogP contribution in [0.25, 0.3) is 10.2 Å². The van der Waals surface area contributed by atoms with Gasteiger partial charge in [-0.1, -0.05) is 29.0 Å². The lowest BCUT2D eigenvalue weighted by Gasteiger charge is -2.22.